The number of hydrogen-bond donors (Lipinski definition) is 2. The summed E-state index contributed by atoms with van der Waals surface area (Å²) >= 11 is 5.84. The lowest BCUT2D eigenvalue weighted by atomic mass is 10.2. The van der Waals surface area contributed by atoms with Crippen molar-refractivity contribution in [1.82, 2.24) is 10.2 Å². The molecule has 7 nitrogen and oxygen atoms in total. The Morgan fingerprint density at radius 3 is 3.00 bits per heavy atom. The molecule has 8 heteroatoms. The van der Waals surface area contributed by atoms with E-state index >= 15 is 0 Å². The van der Waals surface area contributed by atoms with Gasteiger partial charge in [0.2, 0.25) is 0 Å². The van der Waals surface area contributed by atoms with Crippen molar-refractivity contribution in [2.24, 2.45) is 5.10 Å². The molecule has 0 fully saturated rings. The Morgan fingerprint density at radius 2 is 2.26 bits per heavy atom. The highest BCUT2D eigenvalue weighted by atomic mass is 35.5. The number of ether oxygens (including phenoxy) is 2. The summed E-state index contributed by atoms with van der Waals surface area (Å²) in [6.45, 7) is 2.63. The van der Waals surface area contributed by atoms with Crippen molar-refractivity contribution in [3.63, 3.8) is 0 Å². The van der Waals surface area contributed by atoms with Crippen molar-refractivity contribution < 1.29 is 9.47 Å². The van der Waals surface area contributed by atoms with Gasteiger partial charge in [0.05, 0.1) is 26.1 Å². The summed E-state index contributed by atoms with van der Waals surface area (Å²) in [7, 11) is 1.59. The zero-order valence-electron chi connectivity index (χ0n) is 12.8. The number of nitrogens with one attached hydrogen (secondary N) is 2. The molecular weight excluding hydrogens is 320 g/mol. The predicted octanol–water partition coefficient (Wildman–Crippen LogP) is 2.67. The maximum atomic E-state index is 11.3. The first-order chi connectivity index (χ1) is 11.2. The van der Waals surface area contributed by atoms with Crippen LogP contribution >= 0.6 is 11.6 Å². The summed E-state index contributed by atoms with van der Waals surface area (Å²) in [4.78, 5) is 11.3. The molecule has 0 aliphatic rings. The molecule has 2 rings (SSSR count). The predicted molar refractivity (Wildman–Crippen MR) is 89.9 cm³/mol. The molecule has 1 aromatic heterocycles. The lowest BCUT2D eigenvalue weighted by Gasteiger charge is -2.10. The molecule has 0 bridgehead atoms. The van der Waals surface area contributed by atoms with E-state index in [9.17, 15) is 4.79 Å². The Labute approximate surface area is 138 Å². The van der Waals surface area contributed by atoms with E-state index in [0.29, 0.717) is 23.8 Å². The molecule has 0 aliphatic carbocycles. The van der Waals surface area contributed by atoms with Gasteiger partial charge in [-0.25, -0.2) is 5.10 Å². The SMILES string of the molecule is CCCOc1cc(/C=N\Nc2cn[nH]c(=O)c2Cl)ccc1OC. The molecule has 0 amide bonds. The van der Waals surface area contributed by atoms with Crippen molar-refractivity contribution in [3.8, 4) is 11.5 Å². The van der Waals surface area contributed by atoms with Crippen LogP contribution in [0.15, 0.2) is 34.3 Å². The van der Waals surface area contributed by atoms with Crippen molar-refractivity contribution in [1.29, 1.82) is 0 Å². The number of benzene rings is 1. The fourth-order valence-corrected chi connectivity index (χ4v) is 1.87. The summed E-state index contributed by atoms with van der Waals surface area (Å²) < 4.78 is 10.9. The number of hydrogen-bond acceptors (Lipinski definition) is 6. The maximum absolute atomic E-state index is 11.3. The molecule has 1 heterocycles. The lowest BCUT2D eigenvalue weighted by Crippen LogP contribution is -2.10. The second-order valence-corrected chi connectivity index (χ2v) is 4.93. The van der Waals surface area contributed by atoms with Crippen LogP contribution in [0.2, 0.25) is 5.02 Å². The Kier molecular flexibility index (Phi) is 5.99. The average molecular weight is 337 g/mol. The Morgan fingerprint density at radius 1 is 1.43 bits per heavy atom. The van der Waals surface area contributed by atoms with Gasteiger partial charge in [-0.2, -0.15) is 10.2 Å². The van der Waals surface area contributed by atoms with Gasteiger partial charge >= 0.3 is 0 Å². The van der Waals surface area contributed by atoms with E-state index in [4.69, 9.17) is 21.1 Å². The van der Waals surface area contributed by atoms with Gasteiger partial charge in [0.1, 0.15) is 10.7 Å². The summed E-state index contributed by atoms with van der Waals surface area (Å²) in [6, 6.07) is 5.45. The van der Waals surface area contributed by atoms with Gasteiger partial charge in [0.25, 0.3) is 5.56 Å². The molecular formula is C15H17ClN4O3. The molecule has 0 saturated carbocycles. The van der Waals surface area contributed by atoms with E-state index in [-0.39, 0.29) is 5.02 Å². The second kappa shape index (κ2) is 8.19. The van der Waals surface area contributed by atoms with Gasteiger partial charge in [-0.05, 0) is 30.2 Å². The van der Waals surface area contributed by atoms with Gasteiger partial charge in [-0.3, -0.25) is 10.2 Å². The summed E-state index contributed by atoms with van der Waals surface area (Å²) in [5.41, 5.74) is 3.32. The van der Waals surface area contributed by atoms with E-state index in [0.717, 1.165) is 12.0 Å². The van der Waals surface area contributed by atoms with Crippen molar-refractivity contribution in [2.75, 3.05) is 19.1 Å². The van der Waals surface area contributed by atoms with Gasteiger partial charge in [-0.15, -0.1) is 0 Å². The fourth-order valence-electron chi connectivity index (χ4n) is 1.74. The minimum Gasteiger partial charge on any atom is -0.493 e. The minimum atomic E-state index is -0.480. The molecule has 0 spiro atoms. The van der Waals surface area contributed by atoms with Crippen LogP contribution in [0.3, 0.4) is 0 Å². The first kappa shape index (κ1) is 16.8. The van der Waals surface area contributed by atoms with E-state index in [2.05, 4.69) is 20.7 Å². The third-order valence-electron chi connectivity index (χ3n) is 2.84. The zero-order valence-corrected chi connectivity index (χ0v) is 13.6. The highest BCUT2D eigenvalue weighted by molar-refractivity contribution is 6.32. The number of aromatic nitrogens is 2. The molecule has 2 N–H and O–H groups in total. The van der Waals surface area contributed by atoms with E-state index in [1.54, 1.807) is 19.4 Å². The van der Waals surface area contributed by atoms with Crippen LogP contribution in [0.1, 0.15) is 18.9 Å². The van der Waals surface area contributed by atoms with Crippen molar-refractivity contribution in [2.45, 2.75) is 13.3 Å². The van der Waals surface area contributed by atoms with Crippen LogP contribution in [0.25, 0.3) is 0 Å². The first-order valence-electron chi connectivity index (χ1n) is 6.98. The van der Waals surface area contributed by atoms with E-state index in [1.165, 1.54) is 6.20 Å². The number of H-pyrrole nitrogens is 1. The molecule has 23 heavy (non-hydrogen) atoms. The van der Waals surface area contributed by atoms with Crippen molar-refractivity contribution >= 4 is 23.5 Å². The zero-order chi connectivity index (χ0) is 16.7. The van der Waals surface area contributed by atoms with Gasteiger partial charge in [0.15, 0.2) is 11.5 Å². The number of aromatic amines is 1. The Bertz CT molecular complexity index is 746. The summed E-state index contributed by atoms with van der Waals surface area (Å²) in [5, 5.41) is 9.92. The maximum Gasteiger partial charge on any atom is 0.285 e. The molecule has 0 atom stereocenters. The highest BCUT2D eigenvalue weighted by Gasteiger charge is 2.05. The number of methoxy groups -OCH3 is 1. The van der Waals surface area contributed by atoms with Gasteiger partial charge in [0, 0.05) is 0 Å². The lowest BCUT2D eigenvalue weighted by molar-refractivity contribution is 0.294. The van der Waals surface area contributed by atoms with Gasteiger partial charge in [-0.1, -0.05) is 18.5 Å². The number of nitrogens with zero attached hydrogens (tertiary/aromatic N) is 2. The summed E-state index contributed by atoms with van der Waals surface area (Å²) in [6.07, 6.45) is 3.86. The van der Waals surface area contributed by atoms with Crippen LogP contribution < -0.4 is 20.5 Å². The summed E-state index contributed by atoms with van der Waals surface area (Å²) in [5.74, 6) is 1.31. The minimum absolute atomic E-state index is 0.00107. The second-order valence-electron chi connectivity index (χ2n) is 4.56. The molecule has 0 unspecified atom stereocenters. The van der Waals surface area contributed by atoms with Crippen LogP contribution in [0.5, 0.6) is 11.5 Å². The Hall–Kier alpha value is -2.54. The molecule has 1 aromatic carbocycles. The number of hydrazone groups is 1. The quantitative estimate of drug-likeness (QED) is 0.599. The van der Waals surface area contributed by atoms with Crippen LogP contribution in [-0.4, -0.2) is 30.1 Å². The first-order valence-corrected chi connectivity index (χ1v) is 7.36. The monoisotopic (exact) mass is 336 g/mol. The highest BCUT2D eigenvalue weighted by Crippen LogP contribution is 2.27. The average Bonchev–Trinajstić information content (AvgIpc) is 2.57. The number of rotatable bonds is 7. The van der Waals surface area contributed by atoms with E-state index in [1.807, 2.05) is 19.1 Å². The van der Waals surface area contributed by atoms with Crippen LogP contribution in [-0.2, 0) is 0 Å². The normalized spacial score (nSPS) is 10.7. The molecule has 2 aromatic rings. The molecule has 122 valence electrons. The third-order valence-corrected chi connectivity index (χ3v) is 3.22. The topological polar surface area (TPSA) is 88.6 Å². The van der Waals surface area contributed by atoms with Crippen molar-refractivity contribution in [3.05, 3.63) is 45.3 Å². The third kappa shape index (κ3) is 4.46. The molecule has 0 radical (unpaired) electrons. The number of anilines is 1. The van der Waals surface area contributed by atoms with E-state index < -0.39 is 5.56 Å². The smallest absolute Gasteiger partial charge is 0.285 e. The fraction of sp³-hybridized carbons (Fsp3) is 0.267. The van der Waals surface area contributed by atoms with Crippen LogP contribution in [0, 0.1) is 0 Å². The standard InChI is InChI=1S/C15H17ClN4O3/c1-3-6-23-13-7-10(4-5-12(13)22-2)8-17-19-11-9-18-20-15(21)14(11)16/h4-5,7-9H,3,6H2,1-2H3,(H2,19,20,21)/b17-8-. The number of halogens is 1. The Balaban J connectivity index is 2.12. The molecule has 0 saturated heterocycles. The largest absolute Gasteiger partial charge is 0.493 e. The molecule has 0 aliphatic heterocycles. The van der Waals surface area contributed by atoms with Crippen LogP contribution in [0.4, 0.5) is 5.69 Å². The van der Waals surface area contributed by atoms with Gasteiger partial charge < -0.3 is 9.47 Å².